The molecule has 0 aliphatic heterocycles. The summed E-state index contributed by atoms with van der Waals surface area (Å²) in [5.74, 6) is 0.710. The third kappa shape index (κ3) is 5.35. The smallest absolute Gasteiger partial charge is 0.293 e. The summed E-state index contributed by atoms with van der Waals surface area (Å²) >= 11 is 0. The molecule has 0 radical (unpaired) electrons. The molecule has 0 aliphatic rings. The molecule has 7 heteroatoms. The molecule has 0 unspecified atom stereocenters. The maximum Gasteiger partial charge on any atom is 0.293 e. The van der Waals surface area contributed by atoms with Crippen molar-refractivity contribution < 1.29 is 9.53 Å². The van der Waals surface area contributed by atoms with Crippen LogP contribution in [0.25, 0.3) is 0 Å². The lowest BCUT2D eigenvalue weighted by Crippen LogP contribution is -2.36. The van der Waals surface area contributed by atoms with Crippen molar-refractivity contribution in [1.29, 1.82) is 0 Å². The van der Waals surface area contributed by atoms with Crippen LogP contribution in [0.4, 0.5) is 0 Å². The Labute approximate surface area is 113 Å². The standard InChI is InChI=1S/C12H23N5O2/c1-10-13-11(15-14-10)12(18)17(8-9-19-4)7-5-6-16(2)3/h5-9H2,1-4H3,(H,13,14,15). The van der Waals surface area contributed by atoms with Crippen LogP contribution in [0.3, 0.4) is 0 Å². The minimum absolute atomic E-state index is 0.153. The zero-order chi connectivity index (χ0) is 14.3. The molecule has 1 N–H and O–H groups in total. The highest BCUT2D eigenvalue weighted by atomic mass is 16.5. The van der Waals surface area contributed by atoms with Gasteiger partial charge in [0.2, 0.25) is 5.82 Å². The number of H-pyrrole nitrogens is 1. The molecule has 0 fully saturated rings. The fraction of sp³-hybridized carbons (Fsp3) is 0.750. The van der Waals surface area contributed by atoms with Crippen molar-refractivity contribution in [2.45, 2.75) is 13.3 Å². The number of rotatable bonds is 8. The van der Waals surface area contributed by atoms with E-state index in [1.165, 1.54) is 0 Å². The van der Waals surface area contributed by atoms with Gasteiger partial charge in [-0.1, -0.05) is 0 Å². The number of aromatic nitrogens is 3. The van der Waals surface area contributed by atoms with Gasteiger partial charge in [0.25, 0.3) is 5.91 Å². The summed E-state index contributed by atoms with van der Waals surface area (Å²) in [7, 11) is 5.65. The van der Waals surface area contributed by atoms with Crippen molar-refractivity contribution in [1.82, 2.24) is 25.0 Å². The molecular formula is C12H23N5O2. The lowest BCUT2D eigenvalue weighted by atomic mass is 10.3. The average Bonchev–Trinajstić information content (AvgIpc) is 2.79. The number of hydrogen-bond donors (Lipinski definition) is 1. The molecule has 7 nitrogen and oxygen atoms in total. The molecule has 1 heterocycles. The van der Waals surface area contributed by atoms with Gasteiger partial charge < -0.3 is 14.5 Å². The molecule has 1 aromatic heterocycles. The topological polar surface area (TPSA) is 74.3 Å². The summed E-state index contributed by atoms with van der Waals surface area (Å²) in [5.41, 5.74) is 0. The molecular weight excluding hydrogens is 246 g/mol. The molecule has 0 aliphatic carbocycles. The number of carbonyl (C=O) groups is 1. The fourth-order valence-electron chi connectivity index (χ4n) is 1.67. The maximum atomic E-state index is 12.3. The minimum Gasteiger partial charge on any atom is -0.383 e. The van der Waals surface area contributed by atoms with E-state index in [0.29, 0.717) is 25.5 Å². The second-order valence-corrected chi connectivity index (χ2v) is 4.69. The second kappa shape index (κ2) is 7.85. The minimum atomic E-state index is -0.153. The first kappa shape index (κ1) is 15.6. The number of carbonyl (C=O) groups excluding carboxylic acids is 1. The van der Waals surface area contributed by atoms with Crippen molar-refractivity contribution in [3.8, 4) is 0 Å². The largest absolute Gasteiger partial charge is 0.383 e. The van der Waals surface area contributed by atoms with Gasteiger partial charge in [0, 0.05) is 20.2 Å². The van der Waals surface area contributed by atoms with Crippen LogP contribution in [0.5, 0.6) is 0 Å². The van der Waals surface area contributed by atoms with Crippen LogP contribution < -0.4 is 0 Å². The zero-order valence-corrected chi connectivity index (χ0v) is 12.1. The molecule has 19 heavy (non-hydrogen) atoms. The Hall–Kier alpha value is -1.47. The molecule has 108 valence electrons. The van der Waals surface area contributed by atoms with Crippen LogP contribution in [0.2, 0.25) is 0 Å². The highest BCUT2D eigenvalue weighted by Gasteiger charge is 2.19. The Bertz CT molecular complexity index is 391. The predicted molar refractivity (Wildman–Crippen MR) is 72.1 cm³/mol. The Morgan fingerprint density at radius 2 is 2.05 bits per heavy atom. The van der Waals surface area contributed by atoms with Gasteiger partial charge in [0.15, 0.2) is 0 Å². The second-order valence-electron chi connectivity index (χ2n) is 4.69. The summed E-state index contributed by atoms with van der Waals surface area (Å²) < 4.78 is 5.04. The van der Waals surface area contributed by atoms with Crippen LogP contribution in [0.15, 0.2) is 0 Å². The Balaban J connectivity index is 2.59. The van der Waals surface area contributed by atoms with Crippen molar-refractivity contribution in [3.63, 3.8) is 0 Å². The molecule has 1 rings (SSSR count). The zero-order valence-electron chi connectivity index (χ0n) is 12.1. The van der Waals surface area contributed by atoms with Gasteiger partial charge in [-0.05, 0) is 34.0 Å². The number of amides is 1. The van der Waals surface area contributed by atoms with E-state index in [9.17, 15) is 4.79 Å². The van der Waals surface area contributed by atoms with Gasteiger partial charge in [-0.3, -0.25) is 9.89 Å². The van der Waals surface area contributed by atoms with E-state index in [4.69, 9.17) is 4.74 Å². The van der Waals surface area contributed by atoms with Gasteiger partial charge in [0.1, 0.15) is 5.82 Å². The molecule has 0 bridgehead atoms. The van der Waals surface area contributed by atoms with E-state index in [0.717, 1.165) is 13.0 Å². The van der Waals surface area contributed by atoms with E-state index in [2.05, 4.69) is 20.1 Å². The summed E-state index contributed by atoms with van der Waals surface area (Å²) in [5, 5.41) is 6.60. The van der Waals surface area contributed by atoms with E-state index < -0.39 is 0 Å². The number of hydrogen-bond acceptors (Lipinski definition) is 5. The third-order valence-corrected chi connectivity index (χ3v) is 2.67. The summed E-state index contributed by atoms with van der Waals surface area (Å²) in [6.07, 6.45) is 0.909. The van der Waals surface area contributed by atoms with Crippen LogP contribution >= 0.6 is 0 Å². The predicted octanol–water partition coefficient (Wildman–Crippen LogP) is 0.153. The molecule has 0 atom stereocenters. The van der Waals surface area contributed by atoms with Crippen LogP contribution in [-0.2, 0) is 4.74 Å². The third-order valence-electron chi connectivity index (χ3n) is 2.67. The van der Waals surface area contributed by atoms with E-state index >= 15 is 0 Å². The summed E-state index contributed by atoms with van der Waals surface area (Å²) in [4.78, 5) is 20.2. The average molecular weight is 269 g/mol. The van der Waals surface area contributed by atoms with Gasteiger partial charge in [-0.25, -0.2) is 4.98 Å². The maximum absolute atomic E-state index is 12.3. The number of methoxy groups -OCH3 is 1. The van der Waals surface area contributed by atoms with Crippen LogP contribution in [0, 0.1) is 6.92 Å². The Morgan fingerprint density at radius 3 is 2.58 bits per heavy atom. The Morgan fingerprint density at radius 1 is 1.32 bits per heavy atom. The quantitative estimate of drug-likeness (QED) is 0.727. The number of aryl methyl sites for hydroxylation is 1. The molecule has 0 aromatic carbocycles. The number of nitrogens with zero attached hydrogens (tertiary/aromatic N) is 4. The fourth-order valence-corrected chi connectivity index (χ4v) is 1.67. The van der Waals surface area contributed by atoms with Crippen molar-refractivity contribution in [2.24, 2.45) is 0 Å². The van der Waals surface area contributed by atoms with Crippen molar-refractivity contribution in [2.75, 3.05) is 47.4 Å². The molecule has 0 spiro atoms. The van der Waals surface area contributed by atoms with E-state index in [1.54, 1.807) is 18.9 Å². The molecule has 1 amide bonds. The normalized spacial score (nSPS) is 11.0. The Kier molecular flexibility index (Phi) is 6.44. The van der Waals surface area contributed by atoms with Crippen LogP contribution in [0.1, 0.15) is 22.9 Å². The van der Waals surface area contributed by atoms with Crippen LogP contribution in [-0.4, -0.2) is 78.3 Å². The SMILES string of the molecule is COCCN(CCCN(C)C)C(=O)c1n[nH]c(C)n1. The van der Waals surface area contributed by atoms with E-state index in [1.807, 2.05) is 14.1 Å². The number of aromatic amines is 1. The first-order valence-electron chi connectivity index (χ1n) is 6.36. The lowest BCUT2D eigenvalue weighted by Gasteiger charge is -2.21. The van der Waals surface area contributed by atoms with E-state index in [-0.39, 0.29) is 11.7 Å². The lowest BCUT2D eigenvalue weighted by molar-refractivity contribution is 0.0677. The summed E-state index contributed by atoms with van der Waals surface area (Å²) in [6, 6.07) is 0. The molecule has 0 saturated heterocycles. The monoisotopic (exact) mass is 269 g/mol. The first-order valence-corrected chi connectivity index (χ1v) is 6.36. The number of ether oxygens (including phenoxy) is 1. The highest BCUT2D eigenvalue weighted by Crippen LogP contribution is 2.01. The highest BCUT2D eigenvalue weighted by molar-refractivity contribution is 5.90. The molecule has 0 saturated carbocycles. The van der Waals surface area contributed by atoms with Crippen molar-refractivity contribution in [3.05, 3.63) is 11.6 Å². The van der Waals surface area contributed by atoms with Crippen molar-refractivity contribution >= 4 is 5.91 Å². The molecule has 1 aromatic rings. The van der Waals surface area contributed by atoms with Gasteiger partial charge in [-0.2, -0.15) is 0 Å². The van der Waals surface area contributed by atoms with Gasteiger partial charge >= 0.3 is 0 Å². The summed E-state index contributed by atoms with van der Waals surface area (Å²) in [6.45, 7) is 4.44. The number of nitrogens with one attached hydrogen (secondary N) is 1. The van der Waals surface area contributed by atoms with Gasteiger partial charge in [0.05, 0.1) is 6.61 Å². The van der Waals surface area contributed by atoms with Gasteiger partial charge in [-0.15, -0.1) is 5.10 Å². The first-order chi connectivity index (χ1) is 9.04.